The van der Waals surface area contributed by atoms with Gasteiger partial charge in [0.2, 0.25) is 0 Å². The molecule has 0 aromatic heterocycles. The number of benzene rings is 2. The third kappa shape index (κ3) is 6.02. The highest BCUT2D eigenvalue weighted by Crippen LogP contribution is 2.36. The highest BCUT2D eigenvalue weighted by Gasteiger charge is 2.28. The van der Waals surface area contributed by atoms with E-state index in [0.717, 1.165) is 62.1 Å². The summed E-state index contributed by atoms with van der Waals surface area (Å²) in [5.41, 5.74) is 3.09. The summed E-state index contributed by atoms with van der Waals surface area (Å²) in [6.45, 7) is 1.99. The molecule has 1 aliphatic rings. The Morgan fingerprint density at radius 2 is 1.81 bits per heavy atom. The van der Waals surface area contributed by atoms with Crippen LogP contribution in [-0.2, 0) is 12.8 Å². The number of fused-ring (bicyclic) bond motifs is 1. The van der Waals surface area contributed by atoms with E-state index in [9.17, 15) is 4.79 Å². The number of rotatable bonds is 11. The topological polar surface area (TPSA) is 71.8 Å². The van der Waals surface area contributed by atoms with Crippen LogP contribution in [0.25, 0.3) is 0 Å². The molecule has 0 amide bonds. The molecule has 0 radical (unpaired) electrons. The number of Topliss-reactive ketones (excluding diaryl/α,β-unsaturated/α-hetero) is 1. The highest BCUT2D eigenvalue weighted by atomic mass is 16.5. The first-order chi connectivity index (χ1) is 15.5. The van der Waals surface area contributed by atoms with Gasteiger partial charge in [-0.2, -0.15) is 5.26 Å². The molecule has 6 heteroatoms. The number of carbonyl (C=O) groups is 1. The van der Waals surface area contributed by atoms with Gasteiger partial charge in [0.1, 0.15) is 11.8 Å². The summed E-state index contributed by atoms with van der Waals surface area (Å²) in [5.74, 6) is 2.33. The van der Waals surface area contributed by atoms with Crippen LogP contribution in [0.5, 0.6) is 17.2 Å². The summed E-state index contributed by atoms with van der Waals surface area (Å²) >= 11 is 0. The third-order valence-electron chi connectivity index (χ3n) is 6.11. The van der Waals surface area contributed by atoms with Crippen LogP contribution in [-0.4, -0.2) is 51.6 Å². The van der Waals surface area contributed by atoms with Gasteiger partial charge in [-0.3, -0.25) is 4.79 Å². The van der Waals surface area contributed by atoms with Crippen molar-refractivity contribution in [3.63, 3.8) is 0 Å². The van der Waals surface area contributed by atoms with Crippen LogP contribution in [0.15, 0.2) is 36.4 Å². The zero-order valence-electron chi connectivity index (χ0n) is 19.2. The standard InChI is InChI=1S/C26H32N2O4/c1-28(15-12-19-6-10-22(11-7-19)32-16-13-27)14-4-5-20-8-9-21-17-24(30-2)25(31-3)18-23(21)26(20)29/h6-7,10-11,17-18,20H,4-5,8-9,12,14-16H2,1-3H3. The minimum atomic E-state index is 0.0684. The lowest BCUT2D eigenvalue weighted by Crippen LogP contribution is -2.26. The lowest BCUT2D eigenvalue weighted by atomic mass is 9.80. The van der Waals surface area contributed by atoms with Crippen molar-refractivity contribution in [3.8, 4) is 23.3 Å². The fraction of sp³-hybridized carbons (Fsp3) is 0.462. The SMILES string of the molecule is COc1cc2c(cc1OC)C(=O)C(CCCN(C)CCc1ccc(OCC#N)cc1)CC2. The Morgan fingerprint density at radius 3 is 2.50 bits per heavy atom. The average molecular weight is 437 g/mol. The van der Waals surface area contributed by atoms with Crippen molar-refractivity contribution < 1.29 is 19.0 Å². The molecule has 0 saturated carbocycles. The van der Waals surface area contributed by atoms with Gasteiger partial charge in [0.25, 0.3) is 0 Å². The first kappa shape index (κ1) is 23.6. The number of ether oxygens (including phenoxy) is 3. The lowest BCUT2D eigenvalue weighted by molar-refractivity contribution is 0.0890. The smallest absolute Gasteiger partial charge is 0.174 e. The molecule has 0 N–H and O–H groups in total. The van der Waals surface area contributed by atoms with E-state index in [4.69, 9.17) is 19.5 Å². The Morgan fingerprint density at radius 1 is 1.09 bits per heavy atom. The molecular formula is C26H32N2O4. The zero-order chi connectivity index (χ0) is 22.9. The normalized spacial score (nSPS) is 15.2. The molecule has 32 heavy (non-hydrogen) atoms. The molecule has 0 heterocycles. The maximum Gasteiger partial charge on any atom is 0.174 e. The summed E-state index contributed by atoms with van der Waals surface area (Å²) in [4.78, 5) is 15.3. The van der Waals surface area contributed by atoms with E-state index < -0.39 is 0 Å². The number of likely N-dealkylation sites (N-methyl/N-ethyl adjacent to an activating group) is 1. The van der Waals surface area contributed by atoms with Crippen LogP contribution in [0.4, 0.5) is 0 Å². The number of carbonyl (C=O) groups excluding carboxylic acids is 1. The highest BCUT2D eigenvalue weighted by molar-refractivity contribution is 6.00. The van der Waals surface area contributed by atoms with Gasteiger partial charge in [-0.1, -0.05) is 12.1 Å². The van der Waals surface area contributed by atoms with Crippen LogP contribution in [0.3, 0.4) is 0 Å². The number of hydrogen-bond acceptors (Lipinski definition) is 6. The van der Waals surface area contributed by atoms with Crippen molar-refractivity contribution in [1.29, 1.82) is 5.26 Å². The molecule has 0 bridgehead atoms. The van der Waals surface area contributed by atoms with Gasteiger partial charge in [-0.05, 0) is 81.1 Å². The first-order valence-electron chi connectivity index (χ1n) is 11.1. The van der Waals surface area contributed by atoms with E-state index in [1.807, 2.05) is 42.5 Å². The summed E-state index contributed by atoms with van der Waals surface area (Å²) in [5, 5.41) is 8.57. The van der Waals surface area contributed by atoms with Crippen molar-refractivity contribution in [3.05, 3.63) is 53.1 Å². The minimum Gasteiger partial charge on any atom is -0.493 e. The largest absolute Gasteiger partial charge is 0.493 e. The van der Waals surface area contributed by atoms with Gasteiger partial charge in [0.15, 0.2) is 23.9 Å². The second kappa shape index (κ2) is 11.5. The van der Waals surface area contributed by atoms with Crippen molar-refractivity contribution in [2.75, 3.05) is 41.0 Å². The molecule has 1 aliphatic carbocycles. The second-order valence-electron chi connectivity index (χ2n) is 8.25. The summed E-state index contributed by atoms with van der Waals surface area (Å²) < 4.78 is 16.0. The molecule has 2 aromatic rings. The quantitative estimate of drug-likeness (QED) is 0.523. The average Bonchev–Trinajstić information content (AvgIpc) is 2.82. The van der Waals surface area contributed by atoms with Gasteiger partial charge in [0, 0.05) is 18.0 Å². The van der Waals surface area contributed by atoms with Crippen LogP contribution in [0.1, 0.15) is 40.7 Å². The molecule has 1 unspecified atom stereocenters. The van der Waals surface area contributed by atoms with Crippen LogP contribution in [0, 0.1) is 17.2 Å². The lowest BCUT2D eigenvalue weighted by Gasteiger charge is -2.25. The van der Waals surface area contributed by atoms with E-state index >= 15 is 0 Å². The molecule has 1 atom stereocenters. The maximum atomic E-state index is 13.0. The molecule has 3 rings (SSSR count). The fourth-order valence-electron chi connectivity index (χ4n) is 4.22. The molecule has 6 nitrogen and oxygen atoms in total. The monoisotopic (exact) mass is 436 g/mol. The van der Waals surface area contributed by atoms with Gasteiger partial charge in [0.05, 0.1) is 14.2 Å². The fourth-order valence-corrected chi connectivity index (χ4v) is 4.22. The molecule has 0 fully saturated rings. The molecular weight excluding hydrogens is 404 g/mol. The van der Waals surface area contributed by atoms with Gasteiger partial charge in [-0.15, -0.1) is 0 Å². The third-order valence-corrected chi connectivity index (χ3v) is 6.11. The Bertz CT molecular complexity index is 950. The van der Waals surface area contributed by atoms with Crippen molar-refractivity contribution in [2.24, 2.45) is 5.92 Å². The van der Waals surface area contributed by atoms with Crippen molar-refractivity contribution in [2.45, 2.75) is 32.1 Å². The number of nitrogens with zero attached hydrogens (tertiary/aromatic N) is 2. The second-order valence-corrected chi connectivity index (χ2v) is 8.25. The summed E-state index contributed by atoms with van der Waals surface area (Å²) in [7, 11) is 5.34. The molecule has 0 saturated heterocycles. The van der Waals surface area contributed by atoms with Crippen LogP contribution >= 0.6 is 0 Å². The number of hydrogen-bond donors (Lipinski definition) is 0. The number of ketones is 1. The molecule has 170 valence electrons. The van der Waals surface area contributed by atoms with Gasteiger partial charge in [-0.25, -0.2) is 0 Å². The zero-order valence-corrected chi connectivity index (χ0v) is 19.2. The van der Waals surface area contributed by atoms with E-state index in [0.29, 0.717) is 11.5 Å². The Balaban J connectivity index is 1.44. The Hall–Kier alpha value is -3.04. The number of nitriles is 1. The Labute approximate surface area is 190 Å². The van der Waals surface area contributed by atoms with E-state index in [1.54, 1.807) is 14.2 Å². The first-order valence-corrected chi connectivity index (χ1v) is 11.1. The number of methoxy groups -OCH3 is 2. The predicted molar refractivity (Wildman–Crippen MR) is 124 cm³/mol. The van der Waals surface area contributed by atoms with Crippen LogP contribution < -0.4 is 14.2 Å². The van der Waals surface area contributed by atoms with E-state index in [2.05, 4.69) is 11.9 Å². The van der Waals surface area contributed by atoms with Gasteiger partial charge < -0.3 is 19.1 Å². The van der Waals surface area contributed by atoms with Crippen molar-refractivity contribution in [1.82, 2.24) is 4.90 Å². The summed E-state index contributed by atoms with van der Waals surface area (Å²) in [6.07, 6.45) is 4.64. The number of aryl methyl sites for hydroxylation is 1. The molecule has 0 aliphatic heterocycles. The van der Waals surface area contributed by atoms with E-state index in [-0.39, 0.29) is 18.3 Å². The van der Waals surface area contributed by atoms with Crippen molar-refractivity contribution >= 4 is 5.78 Å². The van der Waals surface area contributed by atoms with Crippen LogP contribution in [0.2, 0.25) is 0 Å². The van der Waals surface area contributed by atoms with Gasteiger partial charge >= 0.3 is 0 Å². The minimum absolute atomic E-state index is 0.0684. The predicted octanol–water partition coefficient (Wildman–Crippen LogP) is 4.31. The summed E-state index contributed by atoms with van der Waals surface area (Å²) in [6, 6.07) is 13.7. The Kier molecular flexibility index (Phi) is 8.52. The molecule has 2 aromatic carbocycles. The maximum absolute atomic E-state index is 13.0. The molecule has 0 spiro atoms. The van der Waals surface area contributed by atoms with E-state index in [1.165, 1.54) is 5.56 Å².